The van der Waals surface area contributed by atoms with Crippen molar-refractivity contribution in [3.63, 3.8) is 0 Å². The highest BCUT2D eigenvalue weighted by Crippen LogP contribution is 2.21. The van der Waals surface area contributed by atoms with Crippen LogP contribution in [0.2, 0.25) is 5.02 Å². The molecule has 0 bridgehead atoms. The number of halogens is 1. The van der Waals surface area contributed by atoms with E-state index in [2.05, 4.69) is 0 Å². The molecule has 0 aliphatic heterocycles. The standard InChI is InChI=1S/C10H8ClNO2S/c11-9-3-1-8-6-10(15(12,13)14)4-2-7(8)5-9/h1-6H,(H2,12,13,14). The van der Waals surface area contributed by atoms with Crippen LogP contribution in [0, 0.1) is 0 Å². The SMILES string of the molecule is NS(=O)(=O)c1ccc2cc(Cl)ccc2c1. The average Bonchev–Trinajstić information content (AvgIpc) is 2.15. The molecule has 2 aromatic rings. The Morgan fingerprint density at radius 2 is 1.60 bits per heavy atom. The maximum atomic E-state index is 11.1. The summed E-state index contributed by atoms with van der Waals surface area (Å²) in [6.45, 7) is 0. The molecular weight excluding hydrogens is 234 g/mol. The first-order valence-electron chi connectivity index (χ1n) is 4.19. The molecule has 0 unspecified atom stereocenters. The lowest BCUT2D eigenvalue weighted by Gasteiger charge is -2.01. The molecule has 5 heteroatoms. The largest absolute Gasteiger partial charge is 0.238 e. The lowest BCUT2D eigenvalue weighted by molar-refractivity contribution is 0.598. The van der Waals surface area contributed by atoms with E-state index in [1.807, 2.05) is 0 Å². The number of fused-ring (bicyclic) bond motifs is 1. The summed E-state index contributed by atoms with van der Waals surface area (Å²) in [6, 6.07) is 9.91. The zero-order chi connectivity index (χ0) is 11.1. The van der Waals surface area contributed by atoms with Gasteiger partial charge in [-0.15, -0.1) is 0 Å². The Morgan fingerprint density at radius 3 is 2.27 bits per heavy atom. The van der Waals surface area contributed by atoms with Crippen LogP contribution < -0.4 is 5.14 Å². The van der Waals surface area contributed by atoms with Crippen LogP contribution in [0.3, 0.4) is 0 Å². The topological polar surface area (TPSA) is 60.2 Å². The zero-order valence-electron chi connectivity index (χ0n) is 7.64. The van der Waals surface area contributed by atoms with Crippen molar-refractivity contribution in [1.29, 1.82) is 0 Å². The van der Waals surface area contributed by atoms with Crippen LogP contribution in [0.15, 0.2) is 41.3 Å². The van der Waals surface area contributed by atoms with E-state index < -0.39 is 10.0 Å². The maximum Gasteiger partial charge on any atom is 0.238 e. The van der Waals surface area contributed by atoms with E-state index in [4.69, 9.17) is 16.7 Å². The van der Waals surface area contributed by atoms with Gasteiger partial charge in [0.25, 0.3) is 0 Å². The van der Waals surface area contributed by atoms with Crippen molar-refractivity contribution in [2.45, 2.75) is 4.90 Å². The minimum absolute atomic E-state index is 0.109. The molecule has 0 radical (unpaired) electrons. The van der Waals surface area contributed by atoms with Crippen LogP contribution in [-0.4, -0.2) is 8.42 Å². The van der Waals surface area contributed by atoms with Gasteiger partial charge >= 0.3 is 0 Å². The van der Waals surface area contributed by atoms with Crippen LogP contribution in [0.4, 0.5) is 0 Å². The number of sulfonamides is 1. The molecule has 0 heterocycles. The first kappa shape index (κ1) is 10.4. The Kier molecular flexibility index (Phi) is 2.42. The number of primary sulfonamides is 1. The van der Waals surface area contributed by atoms with E-state index in [-0.39, 0.29) is 4.90 Å². The second kappa shape index (κ2) is 3.48. The van der Waals surface area contributed by atoms with Gasteiger partial charge in [0, 0.05) is 5.02 Å². The number of benzene rings is 2. The normalized spacial score (nSPS) is 11.9. The molecule has 0 amide bonds. The molecule has 0 atom stereocenters. The third kappa shape index (κ3) is 2.12. The minimum Gasteiger partial charge on any atom is -0.225 e. The fourth-order valence-electron chi connectivity index (χ4n) is 1.37. The maximum absolute atomic E-state index is 11.1. The molecule has 0 fully saturated rings. The average molecular weight is 242 g/mol. The fourth-order valence-corrected chi connectivity index (χ4v) is 2.10. The van der Waals surface area contributed by atoms with Crippen LogP contribution in [0.25, 0.3) is 10.8 Å². The molecule has 0 aromatic heterocycles. The Morgan fingerprint density at radius 1 is 1.00 bits per heavy atom. The van der Waals surface area contributed by atoms with Gasteiger partial charge in [-0.1, -0.05) is 23.7 Å². The Hall–Kier alpha value is -1.10. The van der Waals surface area contributed by atoms with Gasteiger partial charge < -0.3 is 0 Å². The van der Waals surface area contributed by atoms with Gasteiger partial charge in [-0.2, -0.15) is 0 Å². The number of nitrogens with two attached hydrogens (primary N) is 1. The summed E-state index contributed by atoms with van der Waals surface area (Å²) in [5.74, 6) is 0. The Balaban J connectivity index is 2.73. The number of hydrogen-bond acceptors (Lipinski definition) is 2. The summed E-state index contributed by atoms with van der Waals surface area (Å²) >= 11 is 5.81. The van der Waals surface area contributed by atoms with Gasteiger partial charge in [-0.05, 0) is 35.0 Å². The second-order valence-electron chi connectivity index (χ2n) is 3.20. The minimum atomic E-state index is -3.64. The van der Waals surface area contributed by atoms with Crippen molar-refractivity contribution in [2.24, 2.45) is 5.14 Å². The zero-order valence-corrected chi connectivity index (χ0v) is 9.22. The summed E-state index contributed by atoms with van der Waals surface area (Å²) in [4.78, 5) is 0.109. The molecule has 3 nitrogen and oxygen atoms in total. The summed E-state index contributed by atoms with van der Waals surface area (Å²) in [5.41, 5.74) is 0. The van der Waals surface area contributed by atoms with Gasteiger partial charge in [0.1, 0.15) is 0 Å². The van der Waals surface area contributed by atoms with Crippen molar-refractivity contribution >= 4 is 32.4 Å². The Bertz CT molecular complexity index is 622. The van der Waals surface area contributed by atoms with Crippen molar-refractivity contribution in [2.75, 3.05) is 0 Å². The van der Waals surface area contributed by atoms with E-state index >= 15 is 0 Å². The molecule has 0 spiro atoms. The summed E-state index contributed by atoms with van der Waals surface area (Å²) in [5, 5.41) is 7.32. The molecular formula is C10H8ClNO2S. The lowest BCUT2D eigenvalue weighted by atomic mass is 10.1. The molecule has 2 rings (SSSR count). The smallest absolute Gasteiger partial charge is 0.225 e. The third-order valence-electron chi connectivity index (χ3n) is 2.10. The predicted molar refractivity (Wildman–Crippen MR) is 60.3 cm³/mol. The quantitative estimate of drug-likeness (QED) is 0.832. The van der Waals surface area contributed by atoms with E-state index in [1.54, 1.807) is 24.3 Å². The molecule has 2 N–H and O–H groups in total. The fraction of sp³-hybridized carbons (Fsp3) is 0. The van der Waals surface area contributed by atoms with Crippen molar-refractivity contribution in [1.82, 2.24) is 0 Å². The number of rotatable bonds is 1. The van der Waals surface area contributed by atoms with Gasteiger partial charge in [-0.3, -0.25) is 0 Å². The van der Waals surface area contributed by atoms with Crippen LogP contribution in [-0.2, 0) is 10.0 Å². The van der Waals surface area contributed by atoms with E-state index in [9.17, 15) is 8.42 Å². The van der Waals surface area contributed by atoms with Gasteiger partial charge in [-0.25, -0.2) is 13.6 Å². The van der Waals surface area contributed by atoms with E-state index in [0.29, 0.717) is 5.02 Å². The molecule has 0 saturated carbocycles. The van der Waals surface area contributed by atoms with Crippen LogP contribution in [0.5, 0.6) is 0 Å². The van der Waals surface area contributed by atoms with Crippen molar-refractivity contribution < 1.29 is 8.42 Å². The molecule has 0 saturated heterocycles. The molecule has 78 valence electrons. The van der Waals surface area contributed by atoms with Crippen LogP contribution >= 0.6 is 11.6 Å². The van der Waals surface area contributed by atoms with E-state index in [1.165, 1.54) is 12.1 Å². The Labute approximate surface area is 92.5 Å². The van der Waals surface area contributed by atoms with Gasteiger partial charge in [0.05, 0.1) is 4.90 Å². The second-order valence-corrected chi connectivity index (χ2v) is 5.20. The molecule has 2 aromatic carbocycles. The highest BCUT2D eigenvalue weighted by molar-refractivity contribution is 7.89. The highest BCUT2D eigenvalue weighted by atomic mass is 35.5. The molecule has 15 heavy (non-hydrogen) atoms. The predicted octanol–water partition coefficient (Wildman–Crippen LogP) is 2.14. The van der Waals surface area contributed by atoms with Gasteiger partial charge in [0.2, 0.25) is 10.0 Å². The van der Waals surface area contributed by atoms with Crippen molar-refractivity contribution in [3.8, 4) is 0 Å². The van der Waals surface area contributed by atoms with E-state index in [0.717, 1.165) is 10.8 Å². The van der Waals surface area contributed by atoms with Crippen molar-refractivity contribution in [3.05, 3.63) is 41.4 Å². The third-order valence-corrected chi connectivity index (χ3v) is 3.25. The van der Waals surface area contributed by atoms with Gasteiger partial charge in [0.15, 0.2) is 0 Å². The lowest BCUT2D eigenvalue weighted by Crippen LogP contribution is -2.11. The number of hydrogen-bond donors (Lipinski definition) is 1. The summed E-state index contributed by atoms with van der Waals surface area (Å²) in [7, 11) is -3.64. The first-order valence-corrected chi connectivity index (χ1v) is 6.11. The molecule has 0 aliphatic carbocycles. The monoisotopic (exact) mass is 241 g/mol. The molecule has 0 aliphatic rings. The summed E-state index contributed by atoms with van der Waals surface area (Å²) in [6.07, 6.45) is 0. The van der Waals surface area contributed by atoms with Crippen LogP contribution in [0.1, 0.15) is 0 Å². The highest BCUT2D eigenvalue weighted by Gasteiger charge is 2.07. The first-order chi connectivity index (χ1) is 6.97. The summed E-state index contributed by atoms with van der Waals surface area (Å²) < 4.78 is 22.2.